The van der Waals surface area contributed by atoms with Crippen LogP contribution >= 0.6 is 23.8 Å². The summed E-state index contributed by atoms with van der Waals surface area (Å²) in [5.74, 6) is 0. The summed E-state index contributed by atoms with van der Waals surface area (Å²) >= 11 is 11.3. The molecule has 0 radical (unpaired) electrons. The number of benzene rings is 1. The van der Waals surface area contributed by atoms with Crippen LogP contribution in [0.2, 0.25) is 5.02 Å². The molecule has 0 saturated carbocycles. The molecule has 0 aliphatic rings. The van der Waals surface area contributed by atoms with Crippen molar-refractivity contribution in [2.75, 3.05) is 7.05 Å². The van der Waals surface area contributed by atoms with Gasteiger partial charge in [-0.1, -0.05) is 42.0 Å². The van der Waals surface area contributed by atoms with Crippen molar-refractivity contribution in [2.24, 2.45) is 12.8 Å². The summed E-state index contributed by atoms with van der Waals surface area (Å²) in [6, 6.07) is 7.98. The maximum Gasteiger partial charge on any atom is 0.103 e. The standard InChI is InChI=1S/C15H19ClN4S/c1-10-14(16)13(20(3)18-10)9-19(2)8-11-5-4-6-12(7-11)15(17)21/h4-7H,8-9H2,1-3H3,(H2,17,21). The lowest BCUT2D eigenvalue weighted by Crippen LogP contribution is -2.20. The molecule has 0 saturated heterocycles. The van der Waals surface area contributed by atoms with Crippen LogP contribution < -0.4 is 5.73 Å². The first-order valence-corrected chi connectivity index (χ1v) is 7.42. The largest absolute Gasteiger partial charge is 0.389 e. The molecule has 1 aromatic heterocycles. The number of aryl methyl sites for hydroxylation is 2. The molecular weight excluding hydrogens is 304 g/mol. The average molecular weight is 323 g/mol. The summed E-state index contributed by atoms with van der Waals surface area (Å²) in [5.41, 5.74) is 9.60. The fourth-order valence-corrected chi connectivity index (χ4v) is 2.64. The molecule has 1 aromatic carbocycles. The lowest BCUT2D eigenvalue weighted by Gasteiger charge is -2.17. The molecule has 21 heavy (non-hydrogen) atoms. The highest BCUT2D eigenvalue weighted by Crippen LogP contribution is 2.21. The van der Waals surface area contributed by atoms with E-state index < -0.39 is 0 Å². The highest BCUT2D eigenvalue weighted by atomic mass is 35.5. The van der Waals surface area contributed by atoms with Crippen LogP contribution in [-0.4, -0.2) is 26.7 Å². The highest BCUT2D eigenvalue weighted by molar-refractivity contribution is 7.80. The van der Waals surface area contributed by atoms with Crippen molar-refractivity contribution < 1.29 is 0 Å². The molecule has 4 nitrogen and oxygen atoms in total. The zero-order valence-corrected chi connectivity index (χ0v) is 14.0. The van der Waals surface area contributed by atoms with Crippen molar-refractivity contribution in [1.82, 2.24) is 14.7 Å². The molecule has 0 unspecified atom stereocenters. The second-order valence-corrected chi connectivity index (χ2v) is 6.02. The van der Waals surface area contributed by atoms with Gasteiger partial charge in [-0.05, 0) is 25.6 Å². The van der Waals surface area contributed by atoms with Crippen molar-refractivity contribution in [1.29, 1.82) is 0 Å². The van der Waals surface area contributed by atoms with Gasteiger partial charge >= 0.3 is 0 Å². The third-order valence-electron chi connectivity index (χ3n) is 3.35. The topological polar surface area (TPSA) is 47.1 Å². The molecule has 0 amide bonds. The maximum absolute atomic E-state index is 6.28. The summed E-state index contributed by atoms with van der Waals surface area (Å²) in [6.07, 6.45) is 0. The first-order valence-electron chi connectivity index (χ1n) is 6.63. The summed E-state index contributed by atoms with van der Waals surface area (Å²) < 4.78 is 1.83. The van der Waals surface area contributed by atoms with Crippen molar-refractivity contribution in [3.05, 3.63) is 51.8 Å². The molecule has 0 bridgehead atoms. The summed E-state index contributed by atoms with van der Waals surface area (Å²) in [7, 11) is 3.96. The molecule has 2 rings (SSSR count). The Morgan fingerprint density at radius 3 is 2.71 bits per heavy atom. The van der Waals surface area contributed by atoms with Crippen molar-refractivity contribution >= 4 is 28.8 Å². The van der Waals surface area contributed by atoms with Crippen LogP contribution in [0.1, 0.15) is 22.5 Å². The Balaban J connectivity index is 2.09. The first-order chi connectivity index (χ1) is 9.88. The van der Waals surface area contributed by atoms with Crippen LogP contribution in [0, 0.1) is 6.92 Å². The quantitative estimate of drug-likeness (QED) is 0.860. The molecule has 0 aliphatic carbocycles. The first kappa shape index (κ1) is 15.9. The van der Waals surface area contributed by atoms with E-state index in [4.69, 9.17) is 29.6 Å². The Labute approximate surface area is 135 Å². The number of rotatable bonds is 5. The van der Waals surface area contributed by atoms with E-state index in [2.05, 4.69) is 16.1 Å². The van der Waals surface area contributed by atoms with E-state index in [0.29, 0.717) is 4.99 Å². The molecule has 2 aromatic rings. The van der Waals surface area contributed by atoms with Gasteiger partial charge in [0, 0.05) is 25.7 Å². The van der Waals surface area contributed by atoms with Gasteiger partial charge in [0.2, 0.25) is 0 Å². The lowest BCUT2D eigenvalue weighted by molar-refractivity contribution is 0.309. The van der Waals surface area contributed by atoms with Gasteiger partial charge in [-0.15, -0.1) is 0 Å². The van der Waals surface area contributed by atoms with E-state index in [1.807, 2.05) is 43.9 Å². The normalized spacial score (nSPS) is 11.1. The Hall–Kier alpha value is -1.43. The van der Waals surface area contributed by atoms with Crippen molar-refractivity contribution in [2.45, 2.75) is 20.0 Å². The lowest BCUT2D eigenvalue weighted by atomic mass is 10.1. The van der Waals surface area contributed by atoms with Gasteiger partial charge in [0.1, 0.15) is 4.99 Å². The summed E-state index contributed by atoms with van der Waals surface area (Å²) in [4.78, 5) is 2.60. The zero-order valence-electron chi connectivity index (χ0n) is 12.4. The van der Waals surface area contributed by atoms with E-state index in [9.17, 15) is 0 Å². The number of thiocarbonyl (C=S) groups is 1. The Morgan fingerprint density at radius 2 is 2.14 bits per heavy atom. The van der Waals surface area contributed by atoms with E-state index in [1.165, 1.54) is 0 Å². The molecule has 2 N–H and O–H groups in total. The molecule has 112 valence electrons. The van der Waals surface area contributed by atoms with Crippen LogP contribution in [0.4, 0.5) is 0 Å². The molecular formula is C15H19ClN4S. The van der Waals surface area contributed by atoms with Gasteiger partial charge in [0.25, 0.3) is 0 Å². The van der Waals surface area contributed by atoms with Crippen LogP contribution in [0.5, 0.6) is 0 Å². The Morgan fingerprint density at radius 1 is 1.43 bits per heavy atom. The third kappa shape index (κ3) is 3.81. The average Bonchev–Trinajstić information content (AvgIpc) is 2.65. The van der Waals surface area contributed by atoms with Crippen LogP contribution in [-0.2, 0) is 20.1 Å². The monoisotopic (exact) mass is 322 g/mol. The van der Waals surface area contributed by atoms with Gasteiger partial charge in [0.05, 0.1) is 16.4 Å². The third-order valence-corrected chi connectivity index (χ3v) is 4.07. The van der Waals surface area contributed by atoms with E-state index in [1.54, 1.807) is 0 Å². The minimum Gasteiger partial charge on any atom is -0.389 e. The van der Waals surface area contributed by atoms with Gasteiger partial charge < -0.3 is 5.73 Å². The maximum atomic E-state index is 6.28. The second kappa shape index (κ2) is 6.56. The van der Waals surface area contributed by atoms with E-state index >= 15 is 0 Å². The smallest absolute Gasteiger partial charge is 0.103 e. The number of hydrogen-bond acceptors (Lipinski definition) is 3. The predicted octanol–water partition coefficient (Wildman–Crippen LogP) is 2.65. The fraction of sp³-hybridized carbons (Fsp3) is 0.333. The number of hydrogen-bond donors (Lipinski definition) is 1. The van der Waals surface area contributed by atoms with Gasteiger partial charge in [-0.25, -0.2) is 0 Å². The zero-order chi connectivity index (χ0) is 15.6. The van der Waals surface area contributed by atoms with E-state index in [-0.39, 0.29) is 0 Å². The van der Waals surface area contributed by atoms with Gasteiger partial charge in [0.15, 0.2) is 0 Å². The SMILES string of the molecule is Cc1nn(C)c(CN(C)Cc2cccc(C(N)=S)c2)c1Cl. The number of halogens is 1. The summed E-state index contributed by atoms with van der Waals surface area (Å²) in [6.45, 7) is 3.43. The second-order valence-electron chi connectivity index (χ2n) is 5.21. The van der Waals surface area contributed by atoms with Gasteiger partial charge in [-0.2, -0.15) is 5.10 Å². The number of nitrogens with two attached hydrogens (primary N) is 1. The van der Waals surface area contributed by atoms with Crippen LogP contribution in [0.3, 0.4) is 0 Å². The number of aromatic nitrogens is 2. The van der Waals surface area contributed by atoms with Crippen LogP contribution in [0.15, 0.2) is 24.3 Å². The fourth-order valence-electron chi connectivity index (χ4n) is 2.30. The minimum atomic E-state index is 0.421. The van der Waals surface area contributed by atoms with Crippen LogP contribution in [0.25, 0.3) is 0 Å². The molecule has 6 heteroatoms. The highest BCUT2D eigenvalue weighted by Gasteiger charge is 2.13. The molecule has 0 fully saturated rings. The Bertz CT molecular complexity index is 666. The Kier molecular flexibility index (Phi) is 4.98. The van der Waals surface area contributed by atoms with Crippen molar-refractivity contribution in [3.63, 3.8) is 0 Å². The molecule has 1 heterocycles. The molecule has 0 spiro atoms. The van der Waals surface area contributed by atoms with Crippen molar-refractivity contribution in [3.8, 4) is 0 Å². The summed E-state index contributed by atoms with van der Waals surface area (Å²) in [5, 5.41) is 5.07. The predicted molar refractivity (Wildman–Crippen MR) is 90.5 cm³/mol. The molecule has 0 atom stereocenters. The van der Waals surface area contributed by atoms with E-state index in [0.717, 1.165) is 40.6 Å². The minimum absolute atomic E-state index is 0.421. The number of nitrogens with zero attached hydrogens (tertiary/aromatic N) is 3. The van der Waals surface area contributed by atoms with Gasteiger partial charge in [-0.3, -0.25) is 9.58 Å². The molecule has 0 aliphatic heterocycles.